The van der Waals surface area contributed by atoms with Crippen LogP contribution in [0.15, 0.2) is 67.3 Å². The molecule has 1 N–H and O–H groups in total. The van der Waals surface area contributed by atoms with Gasteiger partial charge in [0.1, 0.15) is 0 Å². The Balaban J connectivity index is 0.000000677. The molecule has 2 aromatic carbocycles. The normalized spacial score (nSPS) is 9.81. The predicted octanol–water partition coefficient (Wildman–Crippen LogP) is 5.30. The van der Waals surface area contributed by atoms with Crippen molar-refractivity contribution in [3.05, 3.63) is 77.8 Å². The van der Waals surface area contributed by atoms with Crippen LogP contribution in [0.3, 0.4) is 0 Å². The molecule has 0 aliphatic carbocycles. The molecule has 0 unspecified atom stereocenters. The number of aliphatic carboxylic acids is 1. The van der Waals surface area contributed by atoms with Gasteiger partial charge in [-0.15, -0.1) is 6.58 Å². The molecule has 0 saturated carbocycles. The summed E-state index contributed by atoms with van der Waals surface area (Å²) in [4.78, 5) is 10.4. The van der Waals surface area contributed by atoms with Gasteiger partial charge in [-0.2, -0.15) is 0 Å². The molecule has 108 valence electrons. The topological polar surface area (TPSA) is 37.3 Å². The number of carboxylic acids is 1. The molecular weight excluding hydrogens is 284 g/mol. The Morgan fingerprint density at radius 2 is 1.48 bits per heavy atom. The average molecular weight is 301 g/mol. The van der Waals surface area contributed by atoms with E-state index >= 15 is 0 Å². The first-order chi connectivity index (χ1) is 10.1. The molecule has 21 heavy (non-hydrogen) atoms. The lowest BCUT2D eigenvalue weighted by Crippen LogP contribution is -1.85. The molecule has 0 aromatic heterocycles. The largest absolute Gasteiger partial charge is 0.478 e. The third kappa shape index (κ3) is 6.11. The van der Waals surface area contributed by atoms with Crippen LogP contribution in [0.4, 0.5) is 0 Å². The summed E-state index contributed by atoms with van der Waals surface area (Å²) < 4.78 is 0. The fourth-order valence-electron chi connectivity index (χ4n) is 1.60. The molecule has 0 amide bonds. The molecule has 0 atom stereocenters. The zero-order valence-electron chi connectivity index (χ0n) is 11.8. The standard InChI is InChI=1S/C15H11ClO2.C3H6/c16-14-8-6-13(7-9-14)12-4-1-11(2-5-12)3-10-15(17)18;1-3-2/h1-10H,(H,17,18);3H,1H2,2H3/b10-3+;. The molecule has 0 spiro atoms. The van der Waals surface area contributed by atoms with Gasteiger partial charge in [0.2, 0.25) is 0 Å². The zero-order valence-corrected chi connectivity index (χ0v) is 12.5. The van der Waals surface area contributed by atoms with E-state index in [1.807, 2.05) is 55.5 Å². The van der Waals surface area contributed by atoms with Gasteiger partial charge in [0.25, 0.3) is 0 Å². The van der Waals surface area contributed by atoms with Crippen molar-refractivity contribution in [3.63, 3.8) is 0 Å². The van der Waals surface area contributed by atoms with Gasteiger partial charge in [-0.3, -0.25) is 0 Å². The van der Waals surface area contributed by atoms with Gasteiger partial charge in [0, 0.05) is 11.1 Å². The molecule has 0 heterocycles. The second-order valence-corrected chi connectivity index (χ2v) is 4.65. The summed E-state index contributed by atoms with van der Waals surface area (Å²) in [7, 11) is 0. The average Bonchev–Trinajstić information content (AvgIpc) is 2.47. The van der Waals surface area contributed by atoms with Crippen LogP contribution in [0.1, 0.15) is 12.5 Å². The smallest absolute Gasteiger partial charge is 0.328 e. The van der Waals surface area contributed by atoms with E-state index in [4.69, 9.17) is 16.7 Å². The number of carbonyl (C=O) groups is 1. The Hall–Kier alpha value is -2.32. The van der Waals surface area contributed by atoms with Gasteiger partial charge in [-0.1, -0.05) is 54.1 Å². The van der Waals surface area contributed by atoms with Gasteiger partial charge in [0.05, 0.1) is 0 Å². The first-order valence-electron chi connectivity index (χ1n) is 6.41. The third-order valence-corrected chi connectivity index (χ3v) is 2.76. The van der Waals surface area contributed by atoms with Gasteiger partial charge < -0.3 is 5.11 Å². The molecular formula is C18H17ClO2. The van der Waals surface area contributed by atoms with Gasteiger partial charge >= 0.3 is 5.97 Å². The number of benzene rings is 2. The van der Waals surface area contributed by atoms with Gasteiger partial charge in [0.15, 0.2) is 0 Å². The van der Waals surface area contributed by atoms with E-state index in [9.17, 15) is 4.79 Å². The van der Waals surface area contributed by atoms with E-state index in [1.165, 1.54) is 0 Å². The molecule has 0 aliphatic rings. The second kappa shape index (κ2) is 8.77. The van der Waals surface area contributed by atoms with Gasteiger partial charge in [-0.05, 0) is 41.8 Å². The highest BCUT2D eigenvalue weighted by atomic mass is 35.5. The minimum atomic E-state index is -0.947. The first-order valence-corrected chi connectivity index (χ1v) is 6.78. The summed E-state index contributed by atoms with van der Waals surface area (Å²) >= 11 is 5.83. The van der Waals surface area contributed by atoms with Crippen molar-refractivity contribution >= 4 is 23.6 Å². The van der Waals surface area contributed by atoms with Crippen LogP contribution in [-0.2, 0) is 4.79 Å². The van der Waals surface area contributed by atoms with Crippen LogP contribution in [0, 0.1) is 0 Å². The number of hydrogen-bond donors (Lipinski definition) is 1. The summed E-state index contributed by atoms with van der Waals surface area (Å²) in [5, 5.41) is 9.24. The number of hydrogen-bond acceptors (Lipinski definition) is 1. The van der Waals surface area contributed by atoms with Crippen molar-refractivity contribution in [2.45, 2.75) is 6.92 Å². The highest BCUT2D eigenvalue weighted by Crippen LogP contribution is 2.22. The Morgan fingerprint density at radius 3 is 1.90 bits per heavy atom. The fraction of sp³-hybridized carbons (Fsp3) is 0.0556. The van der Waals surface area contributed by atoms with Crippen LogP contribution in [0.25, 0.3) is 17.2 Å². The molecule has 2 nitrogen and oxygen atoms in total. The zero-order chi connectivity index (χ0) is 15.7. The number of carboxylic acid groups (broad SMARTS) is 1. The van der Waals surface area contributed by atoms with Crippen LogP contribution >= 0.6 is 11.6 Å². The highest BCUT2D eigenvalue weighted by molar-refractivity contribution is 6.30. The first kappa shape index (κ1) is 16.7. The molecule has 0 fully saturated rings. The van der Waals surface area contributed by atoms with Crippen molar-refractivity contribution in [2.24, 2.45) is 0 Å². The minimum absolute atomic E-state index is 0.708. The Labute approximate surface area is 130 Å². The van der Waals surface area contributed by atoms with Crippen molar-refractivity contribution in [2.75, 3.05) is 0 Å². The van der Waals surface area contributed by atoms with E-state index in [2.05, 4.69) is 6.58 Å². The van der Waals surface area contributed by atoms with E-state index in [-0.39, 0.29) is 0 Å². The predicted molar refractivity (Wildman–Crippen MR) is 89.4 cm³/mol. The van der Waals surface area contributed by atoms with E-state index in [1.54, 1.807) is 12.2 Å². The van der Waals surface area contributed by atoms with Crippen LogP contribution in [-0.4, -0.2) is 11.1 Å². The van der Waals surface area contributed by atoms with Crippen molar-refractivity contribution < 1.29 is 9.90 Å². The van der Waals surface area contributed by atoms with Crippen molar-refractivity contribution in [1.29, 1.82) is 0 Å². The second-order valence-electron chi connectivity index (χ2n) is 4.21. The van der Waals surface area contributed by atoms with E-state index in [0.29, 0.717) is 5.02 Å². The number of allylic oxidation sites excluding steroid dienone is 1. The monoisotopic (exact) mass is 300 g/mol. The highest BCUT2D eigenvalue weighted by Gasteiger charge is 1.97. The summed E-state index contributed by atoms with van der Waals surface area (Å²) in [6.45, 7) is 5.25. The Morgan fingerprint density at radius 1 is 1.05 bits per heavy atom. The Bertz CT molecular complexity index is 611. The molecule has 3 heteroatoms. The third-order valence-electron chi connectivity index (χ3n) is 2.51. The molecule has 0 aliphatic heterocycles. The maximum atomic E-state index is 10.4. The maximum absolute atomic E-state index is 10.4. The summed E-state index contributed by atoms with van der Waals surface area (Å²) in [6.07, 6.45) is 4.44. The van der Waals surface area contributed by atoms with Crippen molar-refractivity contribution in [1.82, 2.24) is 0 Å². The van der Waals surface area contributed by atoms with Crippen LogP contribution < -0.4 is 0 Å². The summed E-state index contributed by atoms with van der Waals surface area (Å²) in [6, 6.07) is 15.2. The maximum Gasteiger partial charge on any atom is 0.328 e. The van der Waals surface area contributed by atoms with Crippen molar-refractivity contribution in [3.8, 4) is 11.1 Å². The molecule has 2 aromatic rings. The lowest BCUT2D eigenvalue weighted by atomic mass is 10.0. The van der Waals surface area contributed by atoms with Gasteiger partial charge in [-0.25, -0.2) is 4.79 Å². The molecule has 0 bridgehead atoms. The number of halogens is 1. The summed E-state index contributed by atoms with van der Waals surface area (Å²) in [5.74, 6) is -0.947. The summed E-state index contributed by atoms with van der Waals surface area (Å²) in [5.41, 5.74) is 3.00. The lowest BCUT2D eigenvalue weighted by molar-refractivity contribution is -0.131. The molecule has 0 saturated heterocycles. The van der Waals surface area contributed by atoms with E-state index in [0.717, 1.165) is 22.8 Å². The SMILES string of the molecule is C=CC.O=C(O)/C=C/c1ccc(-c2ccc(Cl)cc2)cc1. The Kier molecular flexibility index (Phi) is 6.99. The number of rotatable bonds is 3. The minimum Gasteiger partial charge on any atom is -0.478 e. The van der Waals surface area contributed by atoms with E-state index < -0.39 is 5.97 Å². The fourth-order valence-corrected chi connectivity index (χ4v) is 1.72. The lowest BCUT2D eigenvalue weighted by Gasteiger charge is -2.02. The quantitative estimate of drug-likeness (QED) is 0.617. The van der Waals surface area contributed by atoms with Crippen LogP contribution in [0.5, 0.6) is 0 Å². The molecule has 0 radical (unpaired) electrons. The van der Waals surface area contributed by atoms with Crippen LogP contribution in [0.2, 0.25) is 5.02 Å². The molecule has 2 rings (SSSR count).